The van der Waals surface area contributed by atoms with Gasteiger partial charge in [0.15, 0.2) is 10.8 Å². The van der Waals surface area contributed by atoms with Crippen LogP contribution in [0.25, 0.3) is 10.8 Å². The molecule has 0 bridgehead atoms. The topological polar surface area (TPSA) is 62.5 Å². The molecule has 0 fully saturated rings. The summed E-state index contributed by atoms with van der Waals surface area (Å²) in [5, 5.41) is 9.73. The normalized spacial score (nSPS) is 10.4. The van der Waals surface area contributed by atoms with Crippen molar-refractivity contribution in [2.45, 2.75) is 6.42 Å². The fraction of sp³-hybridized carbons (Fsp3) is 0.0667. The average molecular weight is 331 g/mol. The van der Waals surface area contributed by atoms with E-state index in [1.165, 1.54) is 29.8 Å². The van der Waals surface area contributed by atoms with Crippen molar-refractivity contribution in [3.8, 4) is 16.9 Å². The number of aromatic nitrogens is 3. The number of benzene rings is 1. The number of thiazole rings is 1. The predicted molar refractivity (Wildman–Crippen MR) is 82.1 cm³/mol. The summed E-state index contributed by atoms with van der Waals surface area (Å²) in [6, 6.07) is 6.57. The van der Waals surface area contributed by atoms with Crippen LogP contribution in [0, 0.1) is 17.1 Å². The number of nitrogens with zero attached hydrogens (tertiary/aromatic N) is 4. The van der Waals surface area contributed by atoms with Crippen LogP contribution in [0.1, 0.15) is 16.0 Å². The standard InChI is InChI=1S/C15H8ClFN4S/c16-11-2-1-10(13(17)4-11)3-12-8-21-15(22-12)14-19-6-9(5-18)7-20-14/h1-2,4,6-8H,3H2. The molecule has 3 aromatic rings. The molecule has 2 heterocycles. The van der Waals surface area contributed by atoms with Gasteiger partial charge in [-0.1, -0.05) is 17.7 Å². The van der Waals surface area contributed by atoms with Crippen molar-refractivity contribution < 1.29 is 4.39 Å². The van der Waals surface area contributed by atoms with Crippen LogP contribution >= 0.6 is 22.9 Å². The molecule has 0 amide bonds. The molecule has 0 spiro atoms. The Hall–Kier alpha value is -2.36. The highest BCUT2D eigenvalue weighted by Crippen LogP contribution is 2.25. The van der Waals surface area contributed by atoms with Crippen molar-refractivity contribution in [2.24, 2.45) is 0 Å². The van der Waals surface area contributed by atoms with Crippen LogP contribution in [-0.2, 0) is 6.42 Å². The summed E-state index contributed by atoms with van der Waals surface area (Å²) in [5.41, 5.74) is 0.948. The van der Waals surface area contributed by atoms with Crippen LogP contribution in [0.3, 0.4) is 0 Å². The Kier molecular flexibility index (Phi) is 4.09. The van der Waals surface area contributed by atoms with E-state index >= 15 is 0 Å². The Bertz CT molecular complexity index is 855. The van der Waals surface area contributed by atoms with Crippen molar-refractivity contribution in [3.05, 3.63) is 63.6 Å². The zero-order chi connectivity index (χ0) is 15.5. The molecule has 108 valence electrons. The van der Waals surface area contributed by atoms with E-state index in [0.29, 0.717) is 33.4 Å². The van der Waals surface area contributed by atoms with E-state index in [-0.39, 0.29) is 5.82 Å². The second-order valence-electron chi connectivity index (χ2n) is 4.45. The lowest BCUT2D eigenvalue weighted by molar-refractivity contribution is 0.614. The molecule has 4 nitrogen and oxygen atoms in total. The third-order valence-electron chi connectivity index (χ3n) is 2.91. The first-order valence-corrected chi connectivity index (χ1v) is 7.46. The van der Waals surface area contributed by atoms with Crippen molar-refractivity contribution in [2.75, 3.05) is 0 Å². The fourth-order valence-corrected chi connectivity index (χ4v) is 2.88. The minimum Gasteiger partial charge on any atom is -0.241 e. The quantitative estimate of drug-likeness (QED) is 0.731. The second-order valence-corrected chi connectivity index (χ2v) is 6.00. The largest absolute Gasteiger partial charge is 0.241 e. The summed E-state index contributed by atoms with van der Waals surface area (Å²) >= 11 is 7.13. The number of rotatable bonds is 3. The van der Waals surface area contributed by atoms with Crippen LogP contribution < -0.4 is 0 Å². The van der Waals surface area contributed by atoms with E-state index in [1.807, 2.05) is 6.07 Å². The molecule has 0 atom stereocenters. The van der Waals surface area contributed by atoms with Gasteiger partial charge in [-0.3, -0.25) is 0 Å². The van der Waals surface area contributed by atoms with Gasteiger partial charge in [0.2, 0.25) is 0 Å². The number of nitriles is 1. The molecule has 0 unspecified atom stereocenters. The van der Waals surface area contributed by atoms with E-state index in [9.17, 15) is 4.39 Å². The lowest BCUT2D eigenvalue weighted by Gasteiger charge is -2.01. The van der Waals surface area contributed by atoms with E-state index in [0.717, 1.165) is 4.88 Å². The van der Waals surface area contributed by atoms with Crippen LogP contribution in [0.2, 0.25) is 5.02 Å². The Morgan fingerprint density at radius 2 is 1.95 bits per heavy atom. The molecule has 2 aromatic heterocycles. The fourth-order valence-electron chi connectivity index (χ4n) is 1.84. The third-order valence-corrected chi connectivity index (χ3v) is 4.13. The molecule has 7 heteroatoms. The molecule has 0 radical (unpaired) electrons. The average Bonchev–Trinajstić information content (AvgIpc) is 2.99. The molecular weight excluding hydrogens is 323 g/mol. The highest BCUT2D eigenvalue weighted by molar-refractivity contribution is 7.14. The number of halogens is 2. The molecule has 0 saturated heterocycles. The SMILES string of the molecule is N#Cc1cnc(-c2ncc(Cc3ccc(Cl)cc3F)s2)nc1. The molecule has 3 rings (SSSR count). The molecular formula is C15H8ClFN4S. The molecule has 22 heavy (non-hydrogen) atoms. The van der Waals surface area contributed by atoms with E-state index in [2.05, 4.69) is 15.0 Å². The lowest BCUT2D eigenvalue weighted by Crippen LogP contribution is -1.90. The zero-order valence-electron chi connectivity index (χ0n) is 11.1. The van der Waals surface area contributed by atoms with Gasteiger partial charge in [-0.05, 0) is 17.7 Å². The number of hydrogen-bond acceptors (Lipinski definition) is 5. The van der Waals surface area contributed by atoms with Crippen molar-refractivity contribution in [1.29, 1.82) is 5.26 Å². The minimum atomic E-state index is -0.336. The maximum Gasteiger partial charge on any atom is 0.188 e. The molecule has 1 aromatic carbocycles. The summed E-state index contributed by atoms with van der Waals surface area (Å²) < 4.78 is 13.8. The zero-order valence-corrected chi connectivity index (χ0v) is 12.7. The third kappa shape index (κ3) is 3.11. The molecule has 0 aliphatic heterocycles. The van der Waals surface area contributed by atoms with Gasteiger partial charge in [-0.2, -0.15) is 5.26 Å². The van der Waals surface area contributed by atoms with Crippen LogP contribution in [0.5, 0.6) is 0 Å². The van der Waals surface area contributed by atoms with Gasteiger partial charge in [0.1, 0.15) is 11.9 Å². The monoisotopic (exact) mass is 330 g/mol. The van der Waals surface area contributed by atoms with Crippen LogP contribution in [0.15, 0.2) is 36.8 Å². The minimum absolute atomic E-state index is 0.336. The van der Waals surface area contributed by atoms with E-state index < -0.39 is 0 Å². The van der Waals surface area contributed by atoms with Crippen molar-refractivity contribution in [3.63, 3.8) is 0 Å². The van der Waals surface area contributed by atoms with Gasteiger partial charge >= 0.3 is 0 Å². The van der Waals surface area contributed by atoms with Gasteiger partial charge in [0.25, 0.3) is 0 Å². The smallest absolute Gasteiger partial charge is 0.188 e. The Balaban J connectivity index is 1.82. The van der Waals surface area contributed by atoms with Crippen molar-refractivity contribution in [1.82, 2.24) is 15.0 Å². The molecule has 0 N–H and O–H groups in total. The summed E-state index contributed by atoms with van der Waals surface area (Å²) in [5.74, 6) is 0.115. The number of hydrogen-bond donors (Lipinski definition) is 0. The molecule has 0 aliphatic rings. The van der Waals surface area contributed by atoms with Crippen LogP contribution in [0.4, 0.5) is 4.39 Å². The summed E-state index contributed by atoms with van der Waals surface area (Å²) in [4.78, 5) is 13.3. The van der Waals surface area contributed by atoms with Gasteiger partial charge < -0.3 is 0 Å². The van der Waals surface area contributed by atoms with Gasteiger partial charge in [-0.15, -0.1) is 11.3 Å². The molecule has 0 saturated carbocycles. The first-order valence-electron chi connectivity index (χ1n) is 6.27. The Labute approximate surface area is 134 Å². The Morgan fingerprint density at radius 3 is 2.64 bits per heavy atom. The lowest BCUT2D eigenvalue weighted by atomic mass is 10.1. The predicted octanol–water partition coefficient (Wildman–Crippen LogP) is 3.86. The maximum absolute atomic E-state index is 13.8. The summed E-state index contributed by atoms with van der Waals surface area (Å²) in [6.07, 6.45) is 5.00. The van der Waals surface area contributed by atoms with Gasteiger partial charge in [0, 0.05) is 34.9 Å². The van der Waals surface area contributed by atoms with E-state index in [4.69, 9.17) is 16.9 Å². The maximum atomic E-state index is 13.8. The van der Waals surface area contributed by atoms with E-state index in [1.54, 1.807) is 18.3 Å². The molecule has 0 aliphatic carbocycles. The summed E-state index contributed by atoms with van der Waals surface area (Å²) in [6.45, 7) is 0. The van der Waals surface area contributed by atoms with Gasteiger partial charge in [-0.25, -0.2) is 19.3 Å². The van der Waals surface area contributed by atoms with Crippen LogP contribution in [-0.4, -0.2) is 15.0 Å². The highest BCUT2D eigenvalue weighted by atomic mass is 35.5. The van der Waals surface area contributed by atoms with Crippen molar-refractivity contribution >= 4 is 22.9 Å². The first kappa shape index (κ1) is 14.6. The highest BCUT2D eigenvalue weighted by Gasteiger charge is 2.10. The first-order chi connectivity index (χ1) is 10.7. The Morgan fingerprint density at radius 1 is 1.18 bits per heavy atom. The van der Waals surface area contributed by atoms with Gasteiger partial charge in [0.05, 0.1) is 5.56 Å². The second kappa shape index (κ2) is 6.18. The summed E-state index contributed by atoms with van der Waals surface area (Å²) in [7, 11) is 0.